The molecule has 1 amide bonds. The van der Waals surface area contributed by atoms with Crippen molar-refractivity contribution in [3.8, 4) is 11.5 Å². The van der Waals surface area contributed by atoms with Gasteiger partial charge in [-0.15, -0.1) is 0 Å². The second kappa shape index (κ2) is 9.49. The first-order chi connectivity index (χ1) is 13.7. The van der Waals surface area contributed by atoms with Gasteiger partial charge in [-0.2, -0.15) is 13.2 Å². The van der Waals surface area contributed by atoms with E-state index < -0.39 is 35.8 Å². The maximum absolute atomic E-state index is 12.8. The molecule has 1 aromatic heterocycles. The highest BCUT2D eigenvalue weighted by Gasteiger charge is 2.34. The molecule has 1 atom stereocenters. The van der Waals surface area contributed by atoms with Crippen LogP contribution in [0.4, 0.5) is 13.2 Å². The van der Waals surface area contributed by atoms with Crippen molar-refractivity contribution in [3.05, 3.63) is 58.0 Å². The van der Waals surface area contributed by atoms with Crippen molar-refractivity contribution in [1.29, 1.82) is 0 Å². The Morgan fingerprint density at radius 1 is 1.24 bits per heavy atom. The Bertz CT molecular complexity index is 909. The van der Waals surface area contributed by atoms with Crippen molar-refractivity contribution in [1.82, 2.24) is 9.88 Å². The smallest absolute Gasteiger partial charge is 0.421 e. The zero-order valence-corrected chi connectivity index (χ0v) is 16.4. The second-order valence-electron chi connectivity index (χ2n) is 6.40. The van der Waals surface area contributed by atoms with Crippen LogP contribution < -0.4 is 20.3 Å². The SMILES string of the molecule is CCCOc1ccc(C(C)NC(=O)Cn2cccc(C(F)(F)F)c2=O)cc1OC. The van der Waals surface area contributed by atoms with E-state index in [0.29, 0.717) is 24.2 Å². The molecular weight excluding hydrogens is 389 g/mol. The summed E-state index contributed by atoms with van der Waals surface area (Å²) in [6, 6.07) is 6.51. The fourth-order valence-electron chi connectivity index (χ4n) is 2.69. The Morgan fingerprint density at radius 3 is 2.59 bits per heavy atom. The molecule has 158 valence electrons. The zero-order valence-electron chi connectivity index (χ0n) is 16.4. The van der Waals surface area contributed by atoms with Crippen molar-refractivity contribution in [3.63, 3.8) is 0 Å². The summed E-state index contributed by atoms with van der Waals surface area (Å²) in [5.74, 6) is 0.488. The van der Waals surface area contributed by atoms with Crippen LogP contribution >= 0.6 is 0 Å². The van der Waals surface area contributed by atoms with Gasteiger partial charge in [0, 0.05) is 6.20 Å². The number of hydrogen-bond acceptors (Lipinski definition) is 4. The van der Waals surface area contributed by atoms with Crippen LogP contribution in [0.3, 0.4) is 0 Å². The van der Waals surface area contributed by atoms with E-state index in [1.165, 1.54) is 7.11 Å². The number of methoxy groups -OCH3 is 1. The molecule has 1 unspecified atom stereocenters. The van der Waals surface area contributed by atoms with E-state index in [9.17, 15) is 22.8 Å². The molecular formula is C20H23F3N2O4. The molecule has 0 radical (unpaired) electrons. The first-order valence-electron chi connectivity index (χ1n) is 9.04. The standard InChI is InChI=1S/C20H23F3N2O4/c1-4-10-29-16-8-7-14(11-17(16)28-3)13(2)24-18(26)12-25-9-5-6-15(19(25)27)20(21,22)23/h5-9,11,13H,4,10,12H2,1-3H3,(H,24,26). The van der Waals surface area contributed by atoms with Gasteiger partial charge in [0.05, 0.1) is 19.8 Å². The van der Waals surface area contributed by atoms with Gasteiger partial charge in [0.25, 0.3) is 5.56 Å². The van der Waals surface area contributed by atoms with Crippen LogP contribution in [0, 0.1) is 0 Å². The third kappa shape index (κ3) is 5.75. The van der Waals surface area contributed by atoms with Gasteiger partial charge in [-0.1, -0.05) is 13.0 Å². The van der Waals surface area contributed by atoms with Crippen molar-refractivity contribution in [2.45, 2.75) is 39.0 Å². The van der Waals surface area contributed by atoms with Gasteiger partial charge in [-0.05, 0) is 43.2 Å². The number of carbonyl (C=O) groups excluding carboxylic acids is 1. The minimum atomic E-state index is -4.78. The molecule has 29 heavy (non-hydrogen) atoms. The molecule has 0 saturated heterocycles. The average molecular weight is 412 g/mol. The third-order valence-electron chi connectivity index (χ3n) is 4.17. The van der Waals surface area contributed by atoms with E-state index in [1.807, 2.05) is 6.92 Å². The summed E-state index contributed by atoms with van der Waals surface area (Å²) in [6.07, 6.45) is -2.79. The largest absolute Gasteiger partial charge is 0.493 e. The maximum atomic E-state index is 12.8. The molecule has 1 heterocycles. The molecule has 0 aliphatic carbocycles. The molecule has 2 rings (SSSR count). The summed E-state index contributed by atoms with van der Waals surface area (Å²) in [5.41, 5.74) is -1.86. The molecule has 6 nitrogen and oxygen atoms in total. The number of carbonyl (C=O) groups is 1. The Kier molecular flexibility index (Phi) is 7.30. The van der Waals surface area contributed by atoms with Crippen LogP contribution in [0.15, 0.2) is 41.3 Å². The lowest BCUT2D eigenvalue weighted by atomic mass is 10.1. The van der Waals surface area contributed by atoms with Crippen LogP contribution in [0.25, 0.3) is 0 Å². The number of halogens is 3. The highest BCUT2D eigenvalue weighted by atomic mass is 19.4. The normalized spacial score (nSPS) is 12.3. The van der Waals surface area contributed by atoms with Gasteiger partial charge in [0.1, 0.15) is 12.1 Å². The molecule has 0 fully saturated rings. The number of aromatic nitrogens is 1. The molecule has 0 aliphatic rings. The van der Waals surface area contributed by atoms with Crippen LogP contribution in [0.1, 0.15) is 37.4 Å². The van der Waals surface area contributed by atoms with E-state index in [2.05, 4.69) is 5.32 Å². The lowest BCUT2D eigenvalue weighted by molar-refractivity contribution is -0.139. The molecule has 0 saturated carbocycles. The third-order valence-corrected chi connectivity index (χ3v) is 4.17. The predicted molar refractivity (Wildman–Crippen MR) is 101 cm³/mol. The number of alkyl halides is 3. The molecule has 0 bridgehead atoms. The molecule has 0 spiro atoms. The highest BCUT2D eigenvalue weighted by molar-refractivity contribution is 5.76. The lowest BCUT2D eigenvalue weighted by Gasteiger charge is -2.18. The summed E-state index contributed by atoms with van der Waals surface area (Å²) < 4.78 is 50.1. The van der Waals surface area contributed by atoms with Gasteiger partial charge < -0.3 is 19.4 Å². The molecule has 1 N–H and O–H groups in total. The Morgan fingerprint density at radius 2 is 1.97 bits per heavy atom. The first-order valence-corrected chi connectivity index (χ1v) is 9.04. The fourth-order valence-corrected chi connectivity index (χ4v) is 2.69. The van der Waals surface area contributed by atoms with Crippen LogP contribution in [0.5, 0.6) is 11.5 Å². The second-order valence-corrected chi connectivity index (χ2v) is 6.40. The van der Waals surface area contributed by atoms with Crippen LogP contribution in [-0.2, 0) is 17.5 Å². The van der Waals surface area contributed by atoms with E-state index in [-0.39, 0.29) is 0 Å². The predicted octanol–water partition coefficient (Wildman–Crippen LogP) is 3.54. The molecule has 9 heteroatoms. The van der Waals surface area contributed by atoms with E-state index in [4.69, 9.17) is 9.47 Å². The fraction of sp³-hybridized carbons (Fsp3) is 0.400. The number of nitrogens with zero attached hydrogens (tertiary/aromatic N) is 1. The van der Waals surface area contributed by atoms with Crippen molar-refractivity contribution in [2.24, 2.45) is 0 Å². The van der Waals surface area contributed by atoms with Crippen molar-refractivity contribution in [2.75, 3.05) is 13.7 Å². The van der Waals surface area contributed by atoms with Gasteiger partial charge in [0.15, 0.2) is 11.5 Å². The van der Waals surface area contributed by atoms with E-state index in [1.54, 1.807) is 25.1 Å². The van der Waals surface area contributed by atoms with Gasteiger partial charge in [-0.3, -0.25) is 9.59 Å². The van der Waals surface area contributed by atoms with Gasteiger partial charge in [0.2, 0.25) is 5.91 Å². The molecule has 2 aromatic rings. The summed E-state index contributed by atoms with van der Waals surface area (Å²) in [5, 5.41) is 2.67. The number of ether oxygens (including phenoxy) is 2. The number of hydrogen-bond donors (Lipinski definition) is 1. The highest BCUT2D eigenvalue weighted by Crippen LogP contribution is 2.30. The maximum Gasteiger partial charge on any atom is 0.421 e. The number of pyridine rings is 1. The average Bonchev–Trinajstić information content (AvgIpc) is 2.66. The van der Waals surface area contributed by atoms with Gasteiger partial charge in [-0.25, -0.2) is 0 Å². The summed E-state index contributed by atoms with van der Waals surface area (Å²) in [6.45, 7) is 3.71. The van der Waals surface area contributed by atoms with Crippen LogP contribution in [0.2, 0.25) is 0 Å². The summed E-state index contributed by atoms with van der Waals surface area (Å²) in [4.78, 5) is 24.2. The van der Waals surface area contributed by atoms with Crippen molar-refractivity contribution >= 4 is 5.91 Å². The Balaban J connectivity index is 2.11. The monoisotopic (exact) mass is 412 g/mol. The summed E-state index contributed by atoms with van der Waals surface area (Å²) >= 11 is 0. The summed E-state index contributed by atoms with van der Waals surface area (Å²) in [7, 11) is 1.50. The Hall–Kier alpha value is -2.97. The molecule has 1 aromatic carbocycles. The lowest BCUT2D eigenvalue weighted by Crippen LogP contribution is -2.35. The number of benzene rings is 1. The molecule has 0 aliphatic heterocycles. The quantitative estimate of drug-likeness (QED) is 0.720. The van der Waals surface area contributed by atoms with Crippen molar-refractivity contribution < 1.29 is 27.4 Å². The minimum Gasteiger partial charge on any atom is -0.493 e. The zero-order chi connectivity index (χ0) is 21.6. The van der Waals surface area contributed by atoms with Gasteiger partial charge >= 0.3 is 6.18 Å². The van der Waals surface area contributed by atoms with E-state index in [0.717, 1.165) is 28.8 Å². The Labute approximate surface area is 166 Å². The number of rotatable bonds is 8. The van der Waals surface area contributed by atoms with E-state index >= 15 is 0 Å². The van der Waals surface area contributed by atoms with Crippen LogP contribution in [-0.4, -0.2) is 24.2 Å². The minimum absolute atomic E-state index is 0.460. The number of nitrogens with one attached hydrogen (secondary N) is 1. The number of amides is 1. The topological polar surface area (TPSA) is 69.6 Å². The first kappa shape index (κ1) is 22.3.